The lowest BCUT2D eigenvalue weighted by Gasteiger charge is -2.18. The van der Waals surface area contributed by atoms with Gasteiger partial charge in [0.1, 0.15) is 5.01 Å². The van der Waals surface area contributed by atoms with E-state index in [1.807, 2.05) is 36.6 Å². The van der Waals surface area contributed by atoms with E-state index in [-0.39, 0.29) is 11.6 Å². The van der Waals surface area contributed by atoms with Gasteiger partial charge in [-0.2, -0.15) is 0 Å². The van der Waals surface area contributed by atoms with Gasteiger partial charge < -0.3 is 4.98 Å². The number of thiazole rings is 1. The molecule has 6 heteroatoms. The third kappa shape index (κ3) is 2.23. The molecule has 0 saturated heterocycles. The molecule has 4 rings (SSSR count). The summed E-state index contributed by atoms with van der Waals surface area (Å²) < 4.78 is 2.21. The zero-order valence-electron chi connectivity index (χ0n) is 12.1. The Morgan fingerprint density at radius 3 is 2.86 bits per heavy atom. The second-order valence-corrected chi connectivity index (χ2v) is 7.04. The van der Waals surface area contributed by atoms with Crippen LogP contribution in [0, 0.1) is 17.6 Å². The van der Waals surface area contributed by atoms with Crippen molar-refractivity contribution in [1.29, 1.82) is 0 Å². The third-order valence-corrected chi connectivity index (χ3v) is 5.41. The van der Waals surface area contributed by atoms with Gasteiger partial charge in [0, 0.05) is 11.1 Å². The lowest BCUT2D eigenvalue weighted by molar-refractivity contribution is 0.492. The lowest BCUT2D eigenvalue weighted by Crippen LogP contribution is -2.28. The number of aromatic nitrogens is 3. The predicted octanol–water partition coefficient (Wildman–Crippen LogP) is 3.82. The van der Waals surface area contributed by atoms with Crippen LogP contribution in [0.5, 0.6) is 0 Å². The van der Waals surface area contributed by atoms with Gasteiger partial charge in [-0.25, -0.2) is 4.98 Å². The van der Waals surface area contributed by atoms with Gasteiger partial charge in [0.2, 0.25) is 0 Å². The Morgan fingerprint density at radius 1 is 1.41 bits per heavy atom. The highest BCUT2D eigenvalue weighted by Crippen LogP contribution is 2.43. The highest BCUT2D eigenvalue weighted by atomic mass is 32.1. The van der Waals surface area contributed by atoms with E-state index in [1.165, 1.54) is 0 Å². The number of para-hydroxylation sites is 1. The quantitative estimate of drug-likeness (QED) is 0.743. The van der Waals surface area contributed by atoms with Crippen LogP contribution in [0.25, 0.3) is 10.9 Å². The molecule has 1 saturated carbocycles. The zero-order valence-corrected chi connectivity index (χ0v) is 13.7. The smallest absolute Gasteiger partial charge is 0.262 e. The summed E-state index contributed by atoms with van der Waals surface area (Å²) in [6.45, 7) is 1.98. The first-order valence-electron chi connectivity index (χ1n) is 7.31. The Labute approximate surface area is 136 Å². The van der Waals surface area contributed by atoms with E-state index < -0.39 is 0 Å². The van der Waals surface area contributed by atoms with Crippen LogP contribution >= 0.6 is 23.6 Å². The molecule has 112 valence electrons. The maximum Gasteiger partial charge on any atom is 0.262 e. The van der Waals surface area contributed by atoms with Crippen LogP contribution in [0.4, 0.5) is 0 Å². The minimum absolute atomic E-state index is 0.0240. The molecule has 1 unspecified atom stereocenters. The van der Waals surface area contributed by atoms with Crippen LogP contribution in [0.3, 0.4) is 0 Å². The van der Waals surface area contributed by atoms with Crippen LogP contribution in [0.1, 0.15) is 29.6 Å². The van der Waals surface area contributed by atoms with Gasteiger partial charge in [0.25, 0.3) is 5.56 Å². The molecule has 4 nitrogen and oxygen atoms in total. The van der Waals surface area contributed by atoms with Crippen LogP contribution in [-0.2, 0) is 0 Å². The Balaban J connectivity index is 1.99. The maximum absolute atomic E-state index is 13.0. The largest absolute Gasteiger partial charge is 0.332 e. The average Bonchev–Trinajstić information content (AvgIpc) is 3.25. The van der Waals surface area contributed by atoms with E-state index in [2.05, 4.69) is 9.97 Å². The van der Waals surface area contributed by atoms with Crippen LogP contribution in [-0.4, -0.2) is 14.5 Å². The maximum atomic E-state index is 13.0. The number of hydrogen-bond acceptors (Lipinski definition) is 4. The molecule has 1 N–H and O–H groups in total. The first kappa shape index (κ1) is 13.8. The molecule has 0 aliphatic heterocycles. The first-order valence-corrected chi connectivity index (χ1v) is 8.59. The number of fused-ring (bicyclic) bond motifs is 1. The highest BCUT2D eigenvalue weighted by molar-refractivity contribution is 7.71. The van der Waals surface area contributed by atoms with E-state index in [0.29, 0.717) is 16.1 Å². The molecular formula is C16H15N3OS2. The van der Waals surface area contributed by atoms with Crippen molar-refractivity contribution >= 4 is 34.5 Å². The summed E-state index contributed by atoms with van der Waals surface area (Å²) in [6.07, 6.45) is 2.24. The van der Waals surface area contributed by atoms with Gasteiger partial charge in [-0.05, 0) is 50.0 Å². The number of H-pyrrole nitrogens is 1. The van der Waals surface area contributed by atoms with E-state index in [4.69, 9.17) is 12.2 Å². The van der Waals surface area contributed by atoms with Gasteiger partial charge in [-0.3, -0.25) is 9.36 Å². The molecular weight excluding hydrogens is 314 g/mol. The van der Waals surface area contributed by atoms with Crippen molar-refractivity contribution in [2.24, 2.45) is 5.92 Å². The molecule has 0 radical (unpaired) electrons. The summed E-state index contributed by atoms with van der Waals surface area (Å²) in [7, 11) is 0. The van der Waals surface area contributed by atoms with Crippen molar-refractivity contribution in [3.05, 3.63) is 55.5 Å². The summed E-state index contributed by atoms with van der Waals surface area (Å²) in [6, 6.07) is 7.47. The number of nitrogens with zero attached hydrogens (tertiary/aromatic N) is 2. The number of benzene rings is 1. The molecule has 22 heavy (non-hydrogen) atoms. The van der Waals surface area contributed by atoms with Crippen molar-refractivity contribution in [3.63, 3.8) is 0 Å². The zero-order chi connectivity index (χ0) is 15.3. The molecule has 1 aliphatic rings. The van der Waals surface area contributed by atoms with Crippen molar-refractivity contribution in [2.75, 3.05) is 0 Å². The van der Waals surface area contributed by atoms with Crippen molar-refractivity contribution in [3.8, 4) is 0 Å². The number of aromatic amines is 1. The van der Waals surface area contributed by atoms with E-state index in [9.17, 15) is 4.79 Å². The summed E-state index contributed by atoms with van der Waals surface area (Å²) in [5, 5.41) is 3.69. The van der Waals surface area contributed by atoms with Crippen molar-refractivity contribution in [1.82, 2.24) is 14.5 Å². The fourth-order valence-corrected chi connectivity index (χ4v) is 4.16. The Morgan fingerprint density at radius 2 is 2.18 bits per heavy atom. The molecule has 1 fully saturated rings. The third-order valence-electron chi connectivity index (χ3n) is 4.07. The Kier molecular flexibility index (Phi) is 3.23. The lowest BCUT2D eigenvalue weighted by atomic mass is 10.1. The normalized spacial score (nSPS) is 16.0. The van der Waals surface area contributed by atoms with Crippen LogP contribution in [0.15, 0.2) is 34.4 Å². The van der Waals surface area contributed by atoms with Crippen molar-refractivity contribution < 1.29 is 0 Å². The molecule has 2 heterocycles. The number of rotatable bonds is 3. The SMILES string of the molecule is Cc1csc(C(C2CC2)n2c(=S)[nH]c3ccccc3c2=O)n1. The van der Waals surface area contributed by atoms with Crippen molar-refractivity contribution in [2.45, 2.75) is 25.8 Å². The number of aryl methyl sites for hydroxylation is 1. The molecule has 0 bridgehead atoms. The second kappa shape index (κ2) is 5.14. The second-order valence-electron chi connectivity index (χ2n) is 5.76. The molecule has 1 aliphatic carbocycles. The number of hydrogen-bond donors (Lipinski definition) is 1. The topological polar surface area (TPSA) is 50.7 Å². The van der Waals surface area contributed by atoms with Gasteiger partial charge in [-0.15, -0.1) is 11.3 Å². The monoisotopic (exact) mass is 329 g/mol. The minimum atomic E-state index is -0.0421. The molecule has 0 spiro atoms. The molecule has 3 aromatic rings. The van der Waals surface area contributed by atoms with E-state index in [1.54, 1.807) is 15.9 Å². The summed E-state index contributed by atoms with van der Waals surface area (Å²) in [5.74, 6) is 0.458. The Hall–Kier alpha value is -1.79. The van der Waals surface area contributed by atoms with E-state index in [0.717, 1.165) is 29.1 Å². The van der Waals surface area contributed by atoms with E-state index >= 15 is 0 Å². The summed E-state index contributed by atoms with van der Waals surface area (Å²) in [5.41, 5.74) is 1.76. The molecule has 2 aromatic heterocycles. The number of nitrogens with one attached hydrogen (secondary N) is 1. The van der Waals surface area contributed by atoms with Crippen LogP contribution in [0.2, 0.25) is 0 Å². The fourth-order valence-electron chi connectivity index (χ4n) is 2.87. The summed E-state index contributed by atoms with van der Waals surface area (Å²) >= 11 is 7.09. The molecule has 1 aromatic carbocycles. The van der Waals surface area contributed by atoms with Gasteiger partial charge in [0.15, 0.2) is 4.77 Å². The van der Waals surface area contributed by atoms with Gasteiger partial charge >= 0.3 is 0 Å². The van der Waals surface area contributed by atoms with Gasteiger partial charge in [0.05, 0.1) is 16.9 Å². The molecule has 1 atom stereocenters. The minimum Gasteiger partial charge on any atom is -0.332 e. The molecule has 0 amide bonds. The highest BCUT2D eigenvalue weighted by Gasteiger charge is 2.36. The Bertz CT molecular complexity index is 965. The standard InChI is InChI=1S/C16H15N3OS2/c1-9-8-22-14(17-9)13(10-6-7-10)19-15(20)11-4-2-3-5-12(11)18-16(19)21/h2-5,8,10,13H,6-7H2,1H3,(H,18,21). The predicted molar refractivity (Wildman–Crippen MR) is 91.1 cm³/mol. The average molecular weight is 329 g/mol. The fraction of sp³-hybridized carbons (Fsp3) is 0.312. The first-order chi connectivity index (χ1) is 10.6. The van der Waals surface area contributed by atoms with Gasteiger partial charge in [-0.1, -0.05) is 12.1 Å². The van der Waals surface area contributed by atoms with Crippen LogP contribution < -0.4 is 5.56 Å². The summed E-state index contributed by atoms with van der Waals surface area (Å²) in [4.78, 5) is 20.8.